The highest BCUT2D eigenvalue weighted by atomic mass is 35.5. The highest BCUT2D eigenvalue weighted by Gasteiger charge is 2.17. The summed E-state index contributed by atoms with van der Waals surface area (Å²) in [6.07, 6.45) is 2.91. The molecule has 0 atom stereocenters. The third-order valence-corrected chi connectivity index (χ3v) is 4.99. The van der Waals surface area contributed by atoms with E-state index in [2.05, 4.69) is 44.0 Å². The molecule has 1 saturated heterocycles. The number of fused-ring (bicyclic) bond motifs is 1. The molecule has 0 amide bonds. The van der Waals surface area contributed by atoms with E-state index in [0.29, 0.717) is 5.15 Å². The van der Waals surface area contributed by atoms with Crippen LogP contribution in [0.2, 0.25) is 5.15 Å². The van der Waals surface area contributed by atoms with Crippen molar-refractivity contribution in [1.82, 2.24) is 14.9 Å². The highest BCUT2D eigenvalue weighted by molar-refractivity contribution is 6.29. The van der Waals surface area contributed by atoms with Gasteiger partial charge < -0.3 is 4.90 Å². The fourth-order valence-electron chi connectivity index (χ4n) is 3.33. The summed E-state index contributed by atoms with van der Waals surface area (Å²) in [5, 5.41) is 1.76. The van der Waals surface area contributed by atoms with Gasteiger partial charge in [0.2, 0.25) is 0 Å². The number of aromatic nitrogens is 2. The maximum absolute atomic E-state index is 6.00. The van der Waals surface area contributed by atoms with Crippen LogP contribution in [0.15, 0.2) is 54.7 Å². The van der Waals surface area contributed by atoms with Crippen LogP contribution in [-0.2, 0) is 6.42 Å². The number of halogens is 1. The van der Waals surface area contributed by atoms with Gasteiger partial charge in [0.1, 0.15) is 11.0 Å². The average Bonchev–Trinajstić information content (AvgIpc) is 2.66. The fourth-order valence-corrected chi connectivity index (χ4v) is 3.49. The molecule has 0 bridgehead atoms. The Hall–Kier alpha value is -2.17. The first-order valence-corrected chi connectivity index (χ1v) is 9.09. The molecule has 0 radical (unpaired) electrons. The lowest BCUT2D eigenvalue weighted by Gasteiger charge is -2.35. The maximum atomic E-state index is 6.00. The molecule has 1 aliphatic rings. The summed E-state index contributed by atoms with van der Waals surface area (Å²) in [5.41, 5.74) is 2.43. The second kappa shape index (κ2) is 7.38. The van der Waals surface area contributed by atoms with Crippen molar-refractivity contribution in [3.8, 4) is 0 Å². The Morgan fingerprint density at radius 2 is 1.84 bits per heavy atom. The van der Waals surface area contributed by atoms with Gasteiger partial charge in [-0.05, 0) is 36.2 Å². The molecule has 3 aromatic rings. The Kier molecular flexibility index (Phi) is 4.81. The number of hydrogen-bond acceptors (Lipinski definition) is 4. The minimum Gasteiger partial charge on any atom is -0.354 e. The second-order valence-corrected chi connectivity index (χ2v) is 6.81. The molecule has 0 saturated carbocycles. The predicted molar refractivity (Wildman–Crippen MR) is 103 cm³/mol. The molecule has 0 unspecified atom stereocenters. The van der Waals surface area contributed by atoms with E-state index < -0.39 is 0 Å². The molecule has 0 spiro atoms. The molecule has 0 aliphatic carbocycles. The molecule has 25 heavy (non-hydrogen) atoms. The molecule has 5 heteroatoms. The third kappa shape index (κ3) is 3.91. The molecular weight excluding hydrogens is 332 g/mol. The van der Waals surface area contributed by atoms with Gasteiger partial charge in [-0.15, -0.1) is 0 Å². The van der Waals surface area contributed by atoms with Crippen molar-refractivity contribution in [3.05, 3.63) is 65.4 Å². The SMILES string of the molecule is Clc1cccc(N2CCN(CCc3ccc4cccnc4c3)CC2)n1. The minimum absolute atomic E-state index is 0.560. The number of benzene rings is 1. The van der Waals surface area contributed by atoms with Gasteiger partial charge in [0, 0.05) is 44.3 Å². The van der Waals surface area contributed by atoms with Crippen molar-refractivity contribution < 1.29 is 0 Å². The van der Waals surface area contributed by atoms with E-state index in [-0.39, 0.29) is 0 Å². The first-order valence-electron chi connectivity index (χ1n) is 8.71. The van der Waals surface area contributed by atoms with Crippen molar-refractivity contribution in [2.45, 2.75) is 6.42 Å². The molecule has 1 aromatic carbocycles. The maximum Gasteiger partial charge on any atom is 0.131 e. The van der Waals surface area contributed by atoms with Gasteiger partial charge >= 0.3 is 0 Å². The largest absolute Gasteiger partial charge is 0.354 e. The van der Waals surface area contributed by atoms with Crippen molar-refractivity contribution in [1.29, 1.82) is 0 Å². The molecule has 128 valence electrons. The van der Waals surface area contributed by atoms with Crippen molar-refractivity contribution in [2.24, 2.45) is 0 Å². The number of hydrogen-bond donors (Lipinski definition) is 0. The van der Waals surface area contributed by atoms with E-state index in [4.69, 9.17) is 11.6 Å². The molecular formula is C20H21ClN4. The zero-order valence-corrected chi connectivity index (χ0v) is 14.9. The summed E-state index contributed by atoms with van der Waals surface area (Å²) in [6.45, 7) is 5.18. The topological polar surface area (TPSA) is 32.3 Å². The van der Waals surface area contributed by atoms with Gasteiger partial charge in [0.15, 0.2) is 0 Å². The highest BCUT2D eigenvalue weighted by Crippen LogP contribution is 2.17. The van der Waals surface area contributed by atoms with E-state index in [0.717, 1.165) is 50.5 Å². The van der Waals surface area contributed by atoms with Crippen LogP contribution in [-0.4, -0.2) is 47.6 Å². The smallest absolute Gasteiger partial charge is 0.131 e. The number of pyridine rings is 2. The lowest BCUT2D eigenvalue weighted by molar-refractivity contribution is 0.260. The van der Waals surface area contributed by atoms with Crippen LogP contribution in [0, 0.1) is 0 Å². The van der Waals surface area contributed by atoms with Gasteiger partial charge in [-0.1, -0.05) is 35.9 Å². The zero-order valence-electron chi connectivity index (χ0n) is 14.1. The summed E-state index contributed by atoms with van der Waals surface area (Å²) in [5.74, 6) is 0.979. The summed E-state index contributed by atoms with van der Waals surface area (Å²) < 4.78 is 0. The van der Waals surface area contributed by atoms with E-state index in [1.165, 1.54) is 10.9 Å². The number of rotatable bonds is 4. The molecule has 4 nitrogen and oxygen atoms in total. The quantitative estimate of drug-likeness (QED) is 0.671. The Balaban J connectivity index is 1.32. The Morgan fingerprint density at radius 3 is 2.68 bits per heavy atom. The number of anilines is 1. The lowest BCUT2D eigenvalue weighted by Crippen LogP contribution is -2.47. The molecule has 1 aliphatic heterocycles. The lowest BCUT2D eigenvalue weighted by atomic mass is 10.1. The van der Waals surface area contributed by atoms with Gasteiger partial charge in [0.25, 0.3) is 0 Å². The van der Waals surface area contributed by atoms with Crippen LogP contribution in [0.25, 0.3) is 10.9 Å². The third-order valence-electron chi connectivity index (χ3n) is 4.78. The molecule has 0 N–H and O–H groups in total. The predicted octanol–water partition coefficient (Wildman–Crippen LogP) is 3.65. The van der Waals surface area contributed by atoms with Crippen LogP contribution in [0.3, 0.4) is 0 Å². The molecule has 2 aromatic heterocycles. The molecule has 1 fully saturated rings. The van der Waals surface area contributed by atoms with Crippen LogP contribution < -0.4 is 4.90 Å². The van der Waals surface area contributed by atoms with E-state index in [1.54, 1.807) is 0 Å². The van der Waals surface area contributed by atoms with Crippen molar-refractivity contribution >= 4 is 28.3 Å². The summed E-state index contributed by atoms with van der Waals surface area (Å²) in [7, 11) is 0. The fraction of sp³-hybridized carbons (Fsp3) is 0.300. The van der Waals surface area contributed by atoms with E-state index >= 15 is 0 Å². The monoisotopic (exact) mass is 352 g/mol. The van der Waals surface area contributed by atoms with Crippen LogP contribution in [0.5, 0.6) is 0 Å². The van der Waals surface area contributed by atoms with Crippen molar-refractivity contribution in [3.63, 3.8) is 0 Å². The van der Waals surface area contributed by atoms with Crippen molar-refractivity contribution in [2.75, 3.05) is 37.6 Å². The normalized spacial score (nSPS) is 15.6. The minimum atomic E-state index is 0.560. The second-order valence-electron chi connectivity index (χ2n) is 6.43. The first-order chi connectivity index (χ1) is 12.3. The Bertz CT molecular complexity index is 859. The molecule has 3 heterocycles. The summed E-state index contributed by atoms with van der Waals surface area (Å²) >= 11 is 6.00. The van der Waals surface area contributed by atoms with Gasteiger partial charge in [-0.2, -0.15) is 0 Å². The van der Waals surface area contributed by atoms with Gasteiger partial charge in [0.05, 0.1) is 5.52 Å². The average molecular weight is 353 g/mol. The zero-order chi connectivity index (χ0) is 17.1. The number of nitrogens with zero attached hydrogens (tertiary/aromatic N) is 4. The van der Waals surface area contributed by atoms with Gasteiger partial charge in [-0.25, -0.2) is 4.98 Å². The first kappa shape index (κ1) is 16.3. The Morgan fingerprint density at radius 1 is 0.960 bits per heavy atom. The van der Waals surface area contributed by atoms with Crippen LogP contribution in [0.1, 0.15) is 5.56 Å². The summed E-state index contributed by atoms with van der Waals surface area (Å²) in [6, 6.07) is 16.5. The van der Waals surface area contributed by atoms with E-state index in [1.807, 2.05) is 30.5 Å². The van der Waals surface area contributed by atoms with E-state index in [9.17, 15) is 0 Å². The van der Waals surface area contributed by atoms with Gasteiger partial charge in [-0.3, -0.25) is 9.88 Å². The standard InChI is InChI=1S/C20H21ClN4/c21-19-4-1-5-20(23-19)25-13-11-24(12-14-25)10-8-16-6-7-17-3-2-9-22-18(17)15-16/h1-7,9,15H,8,10-14H2. The van der Waals surface area contributed by atoms with Crippen LogP contribution in [0.4, 0.5) is 5.82 Å². The summed E-state index contributed by atoms with van der Waals surface area (Å²) in [4.78, 5) is 13.7. The number of piperazine rings is 1. The molecule has 4 rings (SSSR count). The Labute approximate surface area is 153 Å². The van der Waals surface area contributed by atoms with Crippen LogP contribution >= 0.6 is 11.6 Å².